The van der Waals surface area contributed by atoms with Crippen molar-refractivity contribution in [3.05, 3.63) is 23.8 Å². The van der Waals surface area contributed by atoms with E-state index in [0.29, 0.717) is 12.4 Å². The Balaban J connectivity index is 2.81. The minimum absolute atomic E-state index is 0.227. The number of nitrogens with zero attached hydrogens (tertiary/aromatic N) is 2. The van der Waals surface area contributed by atoms with Crippen molar-refractivity contribution in [3.8, 4) is 0 Å². The Labute approximate surface area is 68.8 Å². The van der Waals surface area contributed by atoms with E-state index in [1.807, 2.05) is 0 Å². The van der Waals surface area contributed by atoms with E-state index >= 15 is 0 Å². The highest BCUT2D eigenvalue weighted by molar-refractivity contribution is 5.03. The molecule has 1 aromatic heterocycles. The molecule has 0 aliphatic heterocycles. The van der Waals surface area contributed by atoms with E-state index in [1.165, 1.54) is 12.3 Å². The fourth-order valence-corrected chi connectivity index (χ4v) is 0.780. The molecule has 0 aliphatic rings. The SMILES string of the molecule is CNCc1nccc(C(F)F)n1. The zero-order valence-electron chi connectivity index (χ0n) is 6.59. The largest absolute Gasteiger partial charge is 0.313 e. The number of nitrogens with one attached hydrogen (secondary N) is 1. The van der Waals surface area contributed by atoms with Crippen molar-refractivity contribution in [2.75, 3.05) is 7.05 Å². The van der Waals surface area contributed by atoms with E-state index in [1.54, 1.807) is 7.05 Å². The van der Waals surface area contributed by atoms with Gasteiger partial charge in [0.2, 0.25) is 0 Å². The van der Waals surface area contributed by atoms with E-state index < -0.39 is 6.43 Å². The Hall–Kier alpha value is -1.10. The van der Waals surface area contributed by atoms with Crippen LogP contribution in [0.5, 0.6) is 0 Å². The maximum absolute atomic E-state index is 12.1. The number of hydrogen-bond donors (Lipinski definition) is 1. The van der Waals surface area contributed by atoms with Crippen molar-refractivity contribution < 1.29 is 8.78 Å². The molecule has 1 heterocycles. The van der Waals surface area contributed by atoms with Gasteiger partial charge in [0, 0.05) is 6.20 Å². The van der Waals surface area contributed by atoms with Gasteiger partial charge in [0.15, 0.2) is 0 Å². The Morgan fingerprint density at radius 1 is 1.58 bits per heavy atom. The van der Waals surface area contributed by atoms with Gasteiger partial charge in [-0.2, -0.15) is 0 Å². The second-order valence-corrected chi connectivity index (χ2v) is 2.23. The van der Waals surface area contributed by atoms with Crippen LogP contribution in [-0.2, 0) is 6.54 Å². The minimum Gasteiger partial charge on any atom is -0.313 e. The second kappa shape index (κ2) is 4.06. The molecule has 0 spiro atoms. The highest BCUT2D eigenvalue weighted by Crippen LogP contribution is 2.14. The van der Waals surface area contributed by atoms with Crippen LogP contribution in [0.1, 0.15) is 17.9 Å². The fraction of sp³-hybridized carbons (Fsp3) is 0.429. The summed E-state index contributed by atoms with van der Waals surface area (Å²) in [5.74, 6) is 0.385. The van der Waals surface area contributed by atoms with E-state index in [0.717, 1.165) is 0 Å². The summed E-state index contributed by atoms with van der Waals surface area (Å²) in [6.45, 7) is 0.403. The molecule has 5 heteroatoms. The standard InChI is InChI=1S/C7H9F2N3/c1-10-4-6-11-3-2-5(12-6)7(8)9/h2-3,7,10H,4H2,1H3. The van der Waals surface area contributed by atoms with Crippen molar-refractivity contribution >= 4 is 0 Å². The van der Waals surface area contributed by atoms with Gasteiger partial charge in [-0.25, -0.2) is 18.7 Å². The monoisotopic (exact) mass is 173 g/mol. The summed E-state index contributed by atoms with van der Waals surface area (Å²) in [6, 6.07) is 1.21. The average Bonchev–Trinajstić information content (AvgIpc) is 2.05. The van der Waals surface area contributed by atoms with Gasteiger partial charge in [-0.1, -0.05) is 0 Å². The molecule has 0 aromatic carbocycles. The molecule has 0 saturated heterocycles. The van der Waals surface area contributed by atoms with Gasteiger partial charge in [0.1, 0.15) is 11.5 Å². The first kappa shape index (κ1) is 8.99. The van der Waals surface area contributed by atoms with Crippen LogP contribution in [0, 0.1) is 0 Å². The lowest BCUT2D eigenvalue weighted by Crippen LogP contribution is -2.09. The molecule has 0 radical (unpaired) electrons. The molecule has 0 fully saturated rings. The summed E-state index contributed by atoms with van der Waals surface area (Å²) in [5.41, 5.74) is -0.227. The number of aromatic nitrogens is 2. The molecule has 12 heavy (non-hydrogen) atoms. The third-order valence-corrected chi connectivity index (χ3v) is 1.29. The fourth-order valence-electron chi connectivity index (χ4n) is 0.780. The second-order valence-electron chi connectivity index (χ2n) is 2.23. The van der Waals surface area contributed by atoms with Gasteiger partial charge in [0.25, 0.3) is 6.43 Å². The summed E-state index contributed by atoms with van der Waals surface area (Å²) in [7, 11) is 1.71. The van der Waals surface area contributed by atoms with Crippen molar-refractivity contribution in [2.24, 2.45) is 0 Å². The Morgan fingerprint density at radius 2 is 2.33 bits per heavy atom. The van der Waals surface area contributed by atoms with Crippen LogP contribution in [-0.4, -0.2) is 17.0 Å². The third-order valence-electron chi connectivity index (χ3n) is 1.29. The molecule has 3 nitrogen and oxygen atoms in total. The van der Waals surface area contributed by atoms with Crippen LogP contribution in [0.3, 0.4) is 0 Å². The van der Waals surface area contributed by atoms with Crippen molar-refractivity contribution in [3.63, 3.8) is 0 Å². The van der Waals surface area contributed by atoms with Crippen LogP contribution in [0.15, 0.2) is 12.3 Å². The molecule has 0 bridgehead atoms. The first-order valence-corrected chi connectivity index (χ1v) is 3.48. The molecule has 0 aliphatic carbocycles. The summed E-state index contributed by atoms with van der Waals surface area (Å²) in [5, 5.41) is 2.78. The lowest BCUT2D eigenvalue weighted by Gasteiger charge is -2.01. The van der Waals surface area contributed by atoms with Gasteiger partial charge in [-0.15, -0.1) is 0 Å². The molecule has 1 aromatic rings. The first-order valence-electron chi connectivity index (χ1n) is 3.48. The molecule has 66 valence electrons. The number of hydrogen-bond acceptors (Lipinski definition) is 3. The minimum atomic E-state index is -2.52. The van der Waals surface area contributed by atoms with Crippen molar-refractivity contribution in [1.82, 2.24) is 15.3 Å². The predicted molar refractivity (Wildman–Crippen MR) is 39.8 cm³/mol. The summed E-state index contributed by atoms with van der Waals surface area (Å²) < 4.78 is 24.2. The Morgan fingerprint density at radius 3 is 2.92 bits per heavy atom. The molecule has 0 amide bonds. The molecule has 1 rings (SSSR count). The van der Waals surface area contributed by atoms with E-state index in [9.17, 15) is 8.78 Å². The van der Waals surface area contributed by atoms with E-state index in [4.69, 9.17) is 0 Å². The van der Waals surface area contributed by atoms with Crippen molar-refractivity contribution in [1.29, 1.82) is 0 Å². The highest BCUT2D eigenvalue weighted by atomic mass is 19.3. The maximum atomic E-state index is 12.1. The van der Waals surface area contributed by atoms with Gasteiger partial charge in [-0.3, -0.25) is 0 Å². The van der Waals surface area contributed by atoms with Gasteiger partial charge < -0.3 is 5.32 Å². The van der Waals surface area contributed by atoms with Crippen LogP contribution in [0.4, 0.5) is 8.78 Å². The average molecular weight is 173 g/mol. The van der Waals surface area contributed by atoms with Crippen LogP contribution >= 0.6 is 0 Å². The topological polar surface area (TPSA) is 37.8 Å². The zero-order valence-corrected chi connectivity index (χ0v) is 6.59. The van der Waals surface area contributed by atoms with Gasteiger partial charge >= 0.3 is 0 Å². The number of alkyl halides is 2. The quantitative estimate of drug-likeness (QED) is 0.744. The van der Waals surface area contributed by atoms with E-state index in [2.05, 4.69) is 15.3 Å². The summed E-state index contributed by atoms with van der Waals surface area (Å²) in [4.78, 5) is 7.44. The van der Waals surface area contributed by atoms with Crippen molar-refractivity contribution in [2.45, 2.75) is 13.0 Å². The Kier molecular flexibility index (Phi) is 3.04. The molecular weight excluding hydrogens is 164 g/mol. The Bertz CT molecular complexity index is 252. The lowest BCUT2D eigenvalue weighted by molar-refractivity contribution is 0.145. The maximum Gasteiger partial charge on any atom is 0.280 e. The van der Waals surface area contributed by atoms with Crippen LogP contribution in [0.2, 0.25) is 0 Å². The third kappa shape index (κ3) is 2.20. The molecule has 0 unspecified atom stereocenters. The van der Waals surface area contributed by atoms with E-state index in [-0.39, 0.29) is 5.69 Å². The summed E-state index contributed by atoms with van der Waals surface area (Å²) >= 11 is 0. The molecular formula is C7H9F2N3. The first-order chi connectivity index (χ1) is 5.74. The van der Waals surface area contributed by atoms with Crippen LogP contribution in [0.25, 0.3) is 0 Å². The summed E-state index contributed by atoms with van der Waals surface area (Å²) in [6.07, 6.45) is -1.19. The van der Waals surface area contributed by atoms with Crippen LogP contribution < -0.4 is 5.32 Å². The molecule has 1 N–H and O–H groups in total. The predicted octanol–water partition coefficient (Wildman–Crippen LogP) is 1.13. The smallest absolute Gasteiger partial charge is 0.280 e. The molecule has 0 saturated carbocycles. The lowest BCUT2D eigenvalue weighted by atomic mass is 10.4. The number of rotatable bonds is 3. The normalized spacial score (nSPS) is 10.7. The molecule has 0 atom stereocenters. The zero-order chi connectivity index (χ0) is 8.97. The van der Waals surface area contributed by atoms with Gasteiger partial charge in [-0.05, 0) is 13.1 Å². The number of halogens is 2. The highest BCUT2D eigenvalue weighted by Gasteiger charge is 2.08. The van der Waals surface area contributed by atoms with Gasteiger partial charge in [0.05, 0.1) is 6.54 Å².